The zero-order chi connectivity index (χ0) is 24.3. The third kappa shape index (κ3) is 7.51. The number of methoxy groups -OCH3 is 2. The van der Waals surface area contributed by atoms with Crippen LogP contribution in [0.3, 0.4) is 0 Å². The minimum Gasteiger partial charge on any atom is -0.453 e. The molecule has 0 aliphatic heterocycles. The third-order valence-electron chi connectivity index (χ3n) is 5.23. The van der Waals surface area contributed by atoms with Crippen molar-refractivity contribution in [3.05, 3.63) is 48.5 Å². The van der Waals surface area contributed by atoms with Gasteiger partial charge in [0.2, 0.25) is 11.9 Å². The van der Waals surface area contributed by atoms with Crippen LogP contribution in [-0.4, -0.2) is 38.3 Å². The number of hydrogen-bond donors (Lipinski definition) is 3. The number of alkyl carbamates (subject to hydrolysis) is 2. The molecule has 34 heavy (non-hydrogen) atoms. The summed E-state index contributed by atoms with van der Waals surface area (Å²) in [5, 5.41) is 7.67. The SMILES string of the molecule is COC(=O)NC(=Nc1cc(Sc2ccccc2)ccc1NC(=O)C1CCCCC1)NC(=O)OC. The van der Waals surface area contributed by atoms with Crippen LogP contribution < -0.4 is 16.0 Å². The maximum Gasteiger partial charge on any atom is 0.413 e. The summed E-state index contributed by atoms with van der Waals surface area (Å²) in [5.74, 6) is -0.318. The number of nitrogens with one attached hydrogen (secondary N) is 3. The van der Waals surface area contributed by atoms with Crippen molar-refractivity contribution < 1.29 is 23.9 Å². The second-order valence-corrected chi connectivity index (χ2v) is 8.76. The highest BCUT2D eigenvalue weighted by atomic mass is 32.2. The molecule has 0 saturated heterocycles. The Morgan fingerprint density at radius 2 is 1.53 bits per heavy atom. The fourth-order valence-corrected chi connectivity index (χ4v) is 4.37. The Hall–Kier alpha value is -3.53. The quantitative estimate of drug-likeness (QED) is 0.403. The van der Waals surface area contributed by atoms with Crippen molar-refractivity contribution in [2.24, 2.45) is 10.9 Å². The van der Waals surface area contributed by atoms with E-state index in [0.29, 0.717) is 11.4 Å². The van der Waals surface area contributed by atoms with Gasteiger partial charge < -0.3 is 14.8 Å². The van der Waals surface area contributed by atoms with Crippen molar-refractivity contribution in [3.63, 3.8) is 0 Å². The first-order valence-electron chi connectivity index (χ1n) is 10.9. The summed E-state index contributed by atoms with van der Waals surface area (Å²) in [7, 11) is 2.39. The van der Waals surface area contributed by atoms with Gasteiger partial charge in [-0.3, -0.25) is 15.4 Å². The number of carbonyl (C=O) groups excluding carboxylic acids is 3. The second-order valence-electron chi connectivity index (χ2n) is 7.61. The van der Waals surface area contributed by atoms with E-state index in [2.05, 4.69) is 30.4 Å². The summed E-state index contributed by atoms with van der Waals surface area (Å²) in [6.45, 7) is 0. The zero-order valence-corrected chi connectivity index (χ0v) is 19.9. The normalized spacial score (nSPS) is 13.4. The molecule has 180 valence electrons. The summed E-state index contributed by atoms with van der Waals surface area (Å²) >= 11 is 1.52. The lowest BCUT2D eigenvalue weighted by Crippen LogP contribution is -2.43. The van der Waals surface area contributed by atoms with Crippen molar-refractivity contribution in [2.75, 3.05) is 19.5 Å². The second kappa shape index (κ2) is 12.6. The molecule has 2 aromatic rings. The molecule has 2 aromatic carbocycles. The Labute approximate surface area is 202 Å². The van der Waals surface area contributed by atoms with Gasteiger partial charge in [-0.15, -0.1) is 0 Å². The number of carbonyl (C=O) groups is 3. The number of amides is 3. The summed E-state index contributed by atoms with van der Waals surface area (Å²) in [6.07, 6.45) is 3.27. The lowest BCUT2D eigenvalue weighted by Gasteiger charge is -2.21. The van der Waals surface area contributed by atoms with Crippen LogP contribution in [0.1, 0.15) is 32.1 Å². The number of benzene rings is 2. The Morgan fingerprint density at radius 3 is 2.15 bits per heavy atom. The van der Waals surface area contributed by atoms with Gasteiger partial charge in [-0.25, -0.2) is 14.6 Å². The van der Waals surface area contributed by atoms with E-state index in [-0.39, 0.29) is 17.8 Å². The first-order chi connectivity index (χ1) is 16.5. The van der Waals surface area contributed by atoms with Crippen LogP contribution in [0, 0.1) is 5.92 Å². The summed E-state index contributed by atoms with van der Waals surface area (Å²) in [5.41, 5.74) is 0.816. The zero-order valence-electron chi connectivity index (χ0n) is 19.1. The summed E-state index contributed by atoms with van der Waals surface area (Å²) in [4.78, 5) is 42.7. The van der Waals surface area contributed by atoms with Crippen LogP contribution in [0.2, 0.25) is 0 Å². The Balaban J connectivity index is 1.94. The number of guanidine groups is 1. The van der Waals surface area contributed by atoms with E-state index in [0.717, 1.165) is 41.9 Å². The maximum absolute atomic E-state index is 12.9. The van der Waals surface area contributed by atoms with E-state index >= 15 is 0 Å². The molecule has 3 N–H and O–H groups in total. The Morgan fingerprint density at radius 1 is 0.882 bits per heavy atom. The minimum atomic E-state index is -0.822. The number of aliphatic imine (C=N–C) groups is 1. The number of hydrogen-bond acceptors (Lipinski definition) is 7. The molecule has 0 atom stereocenters. The molecule has 0 unspecified atom stereocenters. The van der Waals surface area contributed by atoms with Crippen LogP contribution in [-0.2, 0) is 14.3 Å². The van der Waals surface area contributed by atoms with Crippen molar-refractivity contribution in [2.45, 2.75) is 41.9 Å². The van der Waals surface area contributed by atoms with Crippen LogP contribution >= 0.6 is 11.8 Å². The first kappa shape index (κ1) is 25.1. The minimum absolute atomic E-state index is 0.0511. The molecule has 3 rings (SSSR count). The van der Waals surface area contributed by atoms with E-state index in [1.165, 1.54) is 26.0 Å². The van der Waals surface area contributed by atoms with Crippen LogP contribution in [0.15, 0.2) is 63.3 Å². The molecule has 10 heteroatoms. The monoisotopic (exact) mass is 484 g/mol. The smallest absolute Gasteiger partial charge is 0.413 e. The molecule has 3 amide bonds. The average Bonchev–Trinajstić information content (AvgIpc) is 2.86. The number of rotatable bonds is 5. The van der Waals surface area contributed by atoms with E-state index in [4.69, 9.17) is 0 Å². The van der Waals surface area contributed by atoms with Crippen LogP contribution in [0.4, 0.5) is 21.0 Å². The van der Waals surface area contributed by atoms with E-state index in [1.807, 2.05) is 36.4 Å². The van der Waals surface area contributed by atoms with Crippen LogP contribution in [0.5, 0.6) is 0 Å². The number of nitrogens with zero attached hydrogens (tertiary/aromatic N) is 1. The largest absolute Gasteiger partial charge is 0.453 e. The maximum atomic E-state index is 12.9. The van der Waals surface area contributed by atoms with Gasteiger partial charge in [0, 0.05) is 15.7 Å². The molecule has 0 radical (unpaired) electrons. The highest BCUT2D eigenvalue weighted by Gasteiger charge is 2.22. The highest BCUT2D eigenvalue weighted by Crippen LogP contribution is 2.35. The number of anilines is 1. The van der Waals surface area contributed by atoms with E-state index in [1.54, 1.807) is 12.1 Å². The fourth-order valence-electron chi connectivity index (χ4n) is 3.50. The lowest BCUT2D eigenvalue weighted by atomic mass is 9.88. The van der Waals surface area contributed by atoms with Gasteiger partial charge in [0.05, 0.1) is 25.6 Å². The molecule has 0 heterocycles. The summed E-state index contributed by atoms with van der Waals surface area (Å²) < 4.78 is 9.23. The van der Waals surface area contributed by atoms with Crippen molar-refractivity contribution in [3.8, 4) is 0 Å². The summed E-state index contributed by atoms with van der Waals surface area (Å²) in [6, 6.07) is 15.2. The first-order valence-corrected chi connectivity index (χ1v) is 11.8. The van der Waals surface area contributed by atoms with Crippen molar-refractivity contribution in [1.29, 1.82) is 0 Å². The molecule has 9 nitrogen and oxygen atoms in total. The highest BCUT2D eigenvalue weighted by molar-refractivity contribution is 7.99. The van der Waals surface area contributed by atoms with Gasteiger partial charge in [0.25, 0.3) is 0 Å². The predicted molar refractivity (Wildman–Crippen MR) is 130 cm³/mol. The molecule has 1 aliphatic carbocycles. The van der Waals surface area contributed by atoms with E-state index in [9.17, 15) is 14.4 Å². The van der Waals surface area contributed by atoms with Crippen LogP contribution in [0.25, 0.3) is 0 Å². The van der Waals surface area contributed by atoms with E-state index < -0.39 is 12.2 Å². The standard InChI is InChI=1S/C24H28N4O5S/c1-32-23(30)27-22(28-24(31)33-2)26-20-15-18(34-17-11-7-4-8-12-17)13-14-19(20)25-21(29)16-9-5-3-6-10-16/h4,7-8,11-16H,3,5-6,9-10H2,1-2H3,(H,25,29)(H2,26,27,28,30,31). The molecule has 1 saturated carbocycles. The fraction of sp³-hybridized carbons (Fsp3) is 0.333. The van der Waals surface area contributed by atoms with Crippen molar-refractivity contribution >= 4 is 47.2 Å². The third-order valence-corrected chi connectivity index (χ3v) is 6.22. The van der Waals surface area contributed by atoms with Crippen molar-refractivity contribution in [1.82, 2.24) is 10.6 Å². The van der Waals surface area contributed by atoms with Gasteiger partial charge in [-0.05, 0) is 43.2 Å². The lowest BCUT2D eigenvalue weighted by molar-refractivity contribution is -0.120. The van der Waals surface area contributed by atoms with Gasteiger partial charge >= 0.3 is 12.2 Å². The van der Waals surface area contributed by atoms with Gasteiger partial charge in [0.1, 0.15) is 0 Å². The van der Waals surface area contributed by atoms with Gasteiger partial charge in [0.15, 0.2) is 0 Å². The molecule has 1 fully saturated rings. The predicted octanol–water partition coefficient (Wildman–Crippen LogP) is 5.06. The molecular weight excluding hydrogens is 456 g/mol. The topological polar surface area (TPSA) is 118 Å². The van der Waals surface area contributed by atoms with Gasteiger partial charge in [-0.1, -0.05) is 49.2 Å². The van der Waals surface area contributed by atoms with Gasteiger partial charge in [-0.2, -0.15) is 0 Å². The average molecular weight is 485 g/mol. The Kier molecular flexibility index (Phi) is 9.33. The Bertz CT molecular complexity index is 1020. The molecular formula is C24H28N4O5S. The molecule has 1 aliphatic rings. The number of ether oxygens (including phenoxy) is 2. The molecule has 0 bridgehead atoms. The molecule has 0 spiro atoms. The molecule has 0 aromatic heterocycles.